The number of rotatable bonds is 2. The van der Waals surface area contributed by atoms with Crippen LogP contribution in [0.15, 0.2) is 22.7 Å². The van der Waals surface area contributed by atoms with E-state index in [1.165, 1.54) is 18.2 Å². The molecule has 0 aromatic heterocycles. The molecule has 1 fully saturated rings. The Kier molecular flexibility index (Phi) is 3.33. The van der Waals surface area contributed by atoms with Gasteiger partial charge in [0, 0.05) is 17.3 Å². The third-order valence-corrected chi connectivity index (χ3v) is 2.85. The number of hydrogen-bond acceptors (Lipinski definition) is 5. The van der Waals surface area contributed by atoms with Crippen LogP contribution >= 0.6 is 15.9 Å². The van der Waals surface area contributed by atoms with Gasteiger partial charge in [0.1, 0.15) is 11.3 Å². The average Bonchev–Trinajstić information content (AvgIpc) is 2.60. The molecule has 18 heavy (non-hydrogen) atoms. The molecular weight excluding hydrogens is 306 g/mol. The van der Waals surface area contributed by atoms with Gasteiger partial charge in [-0.15, -0.1) is 5.06 Å². The molecule has 1 aliphatic rings. The summed E-state index contributed by atoms with van der Waals surface area (Å²) in [5, 5.41) is 9.98. The second kappa shape index (κ2) is 4.77. The number of hydrogen-bond donors (Lipinski definition) is 1. The van der Waals surface area contributed by atoms with Crippen LogP contribution in [0.4, 0.5) is 0 Å². The van der Waals surface area contributed by atoms with Crippen LogP contribution in [0, 0.1) is 0 Å². The van der Waals surface area contributed by atoms with Crippen LogP contribution in [0.25, 0.3) is 0 Å². The van der Waals surface area contributed by atoms with Gasteiger partial charge in [-0.25, -0.2) is 4.79 Å². The number of aromatic hydroxyl groups is 1. The highest BCUT2D eigenvalue weighted by Crippen LogP contribution is 2.24. The molecule has 0 atom stereocenters. The maximum Gasteiger partial charge on any atom is 0.367 e. The van der Waals surface area contributed by atoms with Gasteiger partial charge >= 0.3 is 5.97 Å². The summed E-state index contributed by atoms with van der Waals surface area (Å²) >= 11 is 3.12. The third-order valence-electron chi connectivity index (χ3n) is 2.36. The molecule has 1 aromatic carbocycles. The first-order chi connectivity index (χ1) is 8.49. The zero-order valence-corrected chi connectivity index (χ0v) is 10.6. The molecule has 1 aromatic rings. The Bertz CT molecular complexity index is 526. The molecule has 2 amide bonds. The van der Waals surface area contributed by atoms with Crippen LogP contribution in [0.2, 0.25) is 0 Å². The number of amides is 2. The fourth-order valence-corrected chi connectivity index (χ4v) is 1.82. The highest BCUT2D eigenvalue weighted by atomic mass is 79.9. The average molecular weight is 314 g/mol. The van der Waals surface area contributed by atoms with E-state index in [4.69, 9.17) is 0 Å². The van der Waals surface area contributed by atoms with Crippen molar-refractivity contribution in [3.63, 3.8) is 0 Å². The number of hydroxylamine groups is 2. The topological polar surface area (TPSA) is 83.9 Å². The summed E-state index contributed by atoms with van der Waals surface area (Å²) in [6, 6.07) is 4.17. The number of carbonyl (C=O) groups excluding carboxylic acids is 3. The number of benzene rings is 1. The van der Waals surface area contributed by atoms with E-state index in [1.54, 1.807) is 0 Å². The van der Waals surface area contributed by atoms with Gasteiger partial charge in [0.2, 0.25) is 0 Å². The Hall–Kier alpha value is -1.89. The first-order valence-corrected chi connectivity index (χ1v) is 5.85. The van der Waals surface area contributed by atoms with Crippen molar-refractivity contribution in [3.05, 3.63) is 28.2 Å². The number of phenolic OH excluding ortho intramolecular Hbond substituents is 1. The minimum absolute atomic E-state index is 0.0262. The Labute approximate surface area is 110 Å². The van der Waals surface area contributed by atoms with Crippen molar-refractivity contribution in [1.82, 2.24) is 5.06 Å². The maximum atomic E-state index is 11.7. The molecule has 1 aliphatic heterocycles. The van der Waals surface area contributed by atoms with Crippen molar-refractivity contribution in [1.29, 1.82) is 0 Å². The Morgan fingerprint density at radius 3 is 2.44 bits per heavy atom. The number of phenols is 1. The number of nitrogens with zero attached hydrogens (tertiary/aromatic N) is 1. The molecule has 0 bridgehead atoms. The molecule has 0 saturated carbocycles. The molecule has 1 N–H and O–H groups in total. The van der Waals surface area contributed by atoms with Crippen LogP contribution in [0.5, 0.6) is 5.75 Å². The largest absolute Gasteiger partial charge is 0.507 e. The monoisotopic (exact) mass is 313 g/mol. The molecule has 1 saturated heterocycles. The van der Waals surface area contributed by atoms with E-state index in [1.807, 2.05) is 0 Å². The van der Waals surface area contributed by atoms with E-state index in [0.29, 0.717) is 9.54 Å². The molecule has 7 heteroatoms. The second-order valence-corrected chi connectivity index (χ2v) is 4.54. The summed E-state index contributed by atoms with van der Waals surface area (Å²) in [5.74, 6) is -2.38. The highest BCUT2D eigenvalue weighted by Gasteiger charge is 2.33. The molecule has 0 aliphatic carbocycles. The van der Waals surface area contributed by atoms with Gasteiger partial charge in [-0.2, -0.15) is 0 Å². The van der Waals surface area contributed by atoms with Crippen molar-refractivity contribution < 1.29 is 24.3 Å². The van der Waals surface area contributed by atoms with Crippen LogP contribution in [-0.4, -0.2) is 28.0 Å². The van der Waals surface area contributed by atoms with E-state index in [9.17, 15) is 19.5 Å². The molecular formula is C11H8BrNO5. The fraction of sp³-hybridized carbons (Fsp3) is 0.182. The molecule has 94 valence electrons. The lowest BCUT2D eigenvalue weighted by atomic mass is 10.2. The van der Waals surface area contributed by atoms with Crippen molar-refractivity contribution in [2.75, 3.05) is 0 Å². The zero-order chi connectivity index (χ0) is 13.3. The standard InChI is InChI=1S/C11H8BrNO5/c12-6-1-2-7(8(14)5-6)11(17)18-13-9(15)3-4-10(13)16/h1-2,5,14H,3-4H2. The molecule has 0 spiro atoms. The lowest BCUT2D eigenvalue weighted by Crippen LogP contribution is -2.32. The van der Waals surface area contributed by atoms with Crippen LogP contribution in [0.1, 0.15) is 23.2 Å². The molecule has 2 rings (SSSR count). The minimum atomic E-state index is -0.955. The Balaban J connectivity index is 2.17. The third kappa shape index (κ3) is 2.35. The first kappa shape index (κ1) is 12.6. The highest BCUT2D eigenvalue weighted by molar-refractivity contribution is 9.10. The summed E-state index contributed by atoms with van der Waals surface area (Å²) in [6.45, 7) is 0. The summed E-state index contributed by atoms with van der Waals surface area (Å²) in [7, 11) is 0. The minimum Gasteiger partial charge on any atom is -0.507 e. The number of imide groups is 1. The van der Waals surface area contributed by atoms with E-state index < -0.39 is 17.8 Å². The van der Waals surface area contributed by atoms with Gasteiger partial charge in [0.05, 0.1) is 0 Å². The van der Waals surface area contributed by atoms with Crippen LogP contribution in [0.3, 0.4) is 0 Å². The summed E-state index contributed by atoms with van der Waals surface area (Å²) < 4.78 is 0.588. The zero-order valence-electron chi connectivity index (χ0n) is 9.05. The quantitative estimate of drug-likeness (QED) is 0.834. The van der Waals surface area contributed by atoms with Gasteiger partial charge < -0.3 is 9.94 Å². The van der Waals surface area contributed by atoms with E-state index in [-0.39, 0.29) is 24.2 Å². The van der Waals surface area contributed by atoms with E-state index in [2.05, 4.69) is 20.8 Å². The van der Waals surface area contributed by atoms with Crippen molar-refractivity contribution in [2.45, 2.75) is 12.8 Å². The van der Waals surface area contributed by atoms with Crippen molar-refractivity contribution >= 4 is 33.7 Å². The molecule has 1 heterocycles. The van der Waals surface area contributed by atoms with Crippen molar-refractivity contribution in [3.8, 4) is 5.75 Å². The van der Waals surface area contributed by atoms with Gasteiger partial charge in [0.15, 0.2) is 0 Å². The lowest BCUT2D eigenvalue weighted by Gasteiger charge is -2.13. The van der Waals surface area contributed by atoms with Crippen LogP contribution in [-0.2, 0) is 14.4 Å². The number of halogens is 1. The number of carbonyl (C=O) groups is 3. The Morgan fingerprint density at radius 1 is 1.28 bits per heavy atom. The molecule has 0 radical (unpaired) electrons. The lowest BCUT2D eigenvalue weighted by molar-refractivity contribution is -0.172. The molecule has 6 nitrogen and oxygen atoms in total. The smallest absolute Gasteiger partial charge is 0.367 e. The van der Waals surface area contributed by atoms with E-state index in [0.717, 1.165) is 0 Å². The summed E-state index contributed by atoms with van der Waals surface area (Å²) in [5.41, 5.74) is -0.120. The Morgan fingerprint density at radius 2 is 1.89 bits per heavy atom. The van der Waals surface area contributed by atoms with Gasteiger partial charge in [-0.05, 0) is 18.2 Å². The van der Waals surface area contributed by atoms with E-state index >= 15 is 0 Å². The SMILES string of the molecule is O=C(ON1C(=O)CCC1=O)c1ccc(Br)cc1O. The predicted octanol–water partition coefficient (Wildman–Crippen LogP) is 1.38. The van der Waals surface area contributed by atoms with Gasteiger partial charge in [-0.3, -0.25) is 9.59 Å². The maximum absolute atomic E-state index is 11.7. The van der Waals surface area contributed by atoms with Crippen LogP contribution < -0.4 is 0 Å². The summed E-state index contributed by atoms with van der Waals surface area (Å²) in [4.78, 5) is 38.8. The van der Waals surface area contributed by atoms with Gasteiger partial charge in [-0.1, -0.05) is 15.9 Å². The van der Waals surface area contributed by atoms with Crippen molar-refractivity contribution in [2.24, 2.45) is 0 Å². The predicted molar refractivity (Wildman–Crippen MR) is 62.3 cm³/mol. The summed E-state index contributed by atoms with van der Waals surface area (Å²) in [6.07, 6.45) is 0.0524. The van der Waals surface area contributed by atoms with Gasteiger partial charge in [0.25, 0.3) is 11.8 Å². The fourth-order valence-electron chi connectivity index (χ4n) is 1.47. The second-order valence-electron chi connectivity index (χ2n) is 3.62. The molecule has 0 unspecified atom stereocenters. The normalized spacial score (nSPS) is 15.1. The first-order valence-electron chi connectivity index (χ1n) is 5.05.